The summed E-state index contributed by atoms with van der Waals surface area (Å²) in [5, 5.41) is 9.45. The van der Waals surface area contributed by atoms with Crippen LogP contribution in [0.25, 0.3) is 0 Å². The molecule has 1 atom stereocenters. The molecule has 1 saturated heterocycles. The van der Waals surface area contributed by atoms with E-state index in [1.165, 1.54) is 17.7 Å². The lowest BCUT2D eigenvalue weighted by Gasteiger charge is -2.41. The highest BCUT2D eigenvalue weighted by Gasteiger charge is 2.26. The summed E-state index contributed by atoms with van der Waals surface area (Å²) in [6.45, 7) is 4.03. The number of ether oxygens (including phenoxy) is 1. The van der Waals surface area contributed by atoms with E-state index in [0.717, 1.165) is 37.5 Å². The molecule has 0 aliphatic carbocycles. The van der Waals surface area contributed by atoms with Gasteiger partial charge in [0.25, 0.3) is 0 Å². The molecule has 27 heavy (non-hydrogen) atoms. The molecule has 0 aromatic heterocycles. The lowest BCUT2D eigenvalue weighted by molar-refractivity contribution is 0.0499. The third-order valence-electron chi connectivity index (χ3n) is 5.09. The highest BCUT2D eigenvalue weighted by atomic mass is 19.2. The van der Waals surface area contributed by atoms with E-state index in [0.29, 0.717) is 13.0 Å². The largest absolute Gasteiger partial charge is 0.497 e. The summed E-state index contributed by atoms with van der Waals surface area (Å²) >= 11 is 0. The van der Waals surface area contributed by atoms with Crippen LogP contribution >= 0.6 is 0 Å². The van der Waals surface area contributed by atoms with Gasteiger partial charge in [-0.15, -0.1) is 0 Å². The standard InChI is InChI=1S/C21H26F2N2O2/c1-27-19-5-2-16(3-6-19)13-24-9-10-25(18(15-24)8-11-26)14-17-4-7-20(22)21(23)12-17/h2-7,12,18,26H,8-11,13-15H2,1H3. The van der Waals surface area contributed by atoms with Crippen molar-refractivity contribution in [3.05, 3.63) is 65.2 Å². The van der Waals surface area contributed by atoms with Gasteiger partial charge < -0.3 is 9.84 Å². The van der Waals surface area contributed by atoms with E-state index in [1.807, 2.05) is 12.1 Å². The van der Waals surface area contributed by atoms with Crippen molar-refractivity contribution in [1.82, 2.24) is 9.80 Å². The Morgan fingerprint density at radius 2 is 1.74 bits per heavy atom. The molecule has 2 aromatic rings. The molecule has 2 aromatic carbocycles. The molecule has 1 heterocycles. The predicted octanol–water partition coefficient (Wildman–Crippen LogP) is 3.04. The quantitative estimate of drug-likeness (QED) is 0.806. The SMILES string of the molecule is COc1ccc(CN2CCN(Cc3ccc(F)c(F)c3)C(CCO)C2)cc1. The number of piperazine rings is 1. The first kappa shape index (κ1) is 19.7. The lowest BCUT2D eigenvalue weighted by Crippen LogP contribution is -2.52. The van der Waals surface area contributed by atoms with Crippen molar-refractivity contribution in [1.29, 1.82) is 0 Å². The Bertz CT molecular complexity index is 739. The Morgan fingerprint density at radius 1 is 1.00 bits per heavy atom. The number of hydrogen-bond donors (Lipinski definition) is 1. The van der Waals surface area contributed by atoms with Gasteiger partial charge in [0.1, 0.15) is 5.75 Å². The summed E-state index contributed by atoms with van der Waals surface area (Å²) < 4.78 is 31.8. The van der Waals surface area contributed by atoms with E-state index < -0.39 is 11.6 Å². The molecule has 1 aliphatic rings. The fourth-order valence-electron chi connectivity index (χ4n) is 3.59. The first-order valence-corrected chi connectivity index (χ1v) is 9.23. The zero-order valence-corrected chi connectivity index (χ0v) is 15.6. The van der Waals surface area contributed by atoms with Crippen LogP contribution in [0.2, 0.25) is 0 Å². The molecule has 1 fully saturated rings. The summed E-state index contributed by atoms with van der Waals surface area (Å²) in [5.41, 5.74) is 1.97. The van der Waals surface area contributed by atoms with Gasteiger partial charge >= 0.3 is 0 Å². The Morgan fingerprint density at radius 3 is 2.41 bits per heavy atom. The van der Waals surface area contributed by atoms with Crippen LogP contribution in [-0.2, 0) is 13.1 Å². The van der Waals surface area contributed by atoms with Gasteiger partial charge in [0.05, 0.1) is 7.11 Å². The number of rotatable bonds is 7. The van der Waals surface area contributed by atoms with Crippen LogP contribution < -0.4 is 4.74 Å². The molecule has 0 radical (unpaired) electrons. The third kappa shape index (κ3) is 5.25. The number of halogens is 2. The van der Waals surface area contributed by atoms with Crippen molar-refractivity contribution in [3.63, 3.8) is 0 Å². The predicted molar refractivity (Wildman–Crippen MR) is 101 cm³/mol. The van der Waals surface area contributed by atoms with Crippen LogP contribution in [0.1, 0.15) is 17.5 Å². The summed E-state index contributed by atoms with van der Waals surface area (Å²) in [6, 6.07) is 12.3. The zero-order valence-electron chi connectivity index (χ0n) is 15.6. The van der Waals surface area contributed by atoms with Crippen LogP contribution in [-0.4, -0.2) is 54.3 Å². The Labute approximate surface area is 159 Å². The van der Waals surface area contributed by atoms with Crippen molar-refractivity contribution in [2.45, 2.75) is 25.6 Å². The average Bonchev–Trinajstić information content (AvgIpc) is 2.67. The molecule has 4 nitrogen and oxygen atoms in total. The summed E-state index contributed by atoms with van der Waals surface area (Å²) in [7, 11) is 1.65. The second kappa shape index (κ2) is 9.26. The normalized spacial score (nSPS) is 18.6. The van der Waals surface area contributed by atoms with E-state index in [9.17, 15) is 13.9 Å². The minimum atomic E-state index is -0.824. The van der Waals surface area contributed by atoms with Gasteiger partial charge in [0, 0.05) is 45.4 Å². The van der Waals surface area contributed by atoms with Crippen molar-refractivity contribution < 1.29 is 18.6 Å². The smallest absolute Gasteiger partial charge is 0.159 e. The maximum Gasteiger partial charge on any atom is 0.159 e. The van der Waals surface area contributed by atoms with Gasteiger partial charge in [-0.05, 0) is 41.8 Å². The van der Waals surface area contributed by atoms with Gasteiger partial charge in [-0.25, -0.2) is 8.78 Å². The van der Waals surface area contributed by atoms with Crippen LogP contribution in [0.5, 0.6) is 5.75 Å². The van der Waals surface area contributed by atoms with Gasteiger partial charge in [-0.2, -0.15) is 0 Å². The minimum Gasteiger partial charge on any atom is -0.497 e. The average molecular weight is 376 g/mol. The Balaban J connectivity index is 1.62. The van der Waals surface area contributed by atoms with E-state index in [1.54, 1.807) is 13.2 Å². The molecule has 0 saturated carbocycles. The fourth-order valence-corrected chi connectivity index (χ4v) is 3.59. The molecule has 1 unspecified atom stereocenters. The summed E-state index contributed by atoms with van der Waals surface area (Å²) in [4.78, 5) is 4.61. The second-order valence-electron chi connectivity index (χ2n) is 6.97. The molecule has 6 heteroatoms. The third-order valence-corrected chi connectivity index (χ3v) is 5.09. The van der Waals surface area contributed by atoms with E-state index in [2.05, 4.69) is 21.9 Å². The fraction of sp³-hybridized carbons (Fsp3) is 0.429. The Hall–Kier alpha value is -2.02. The number of hydrogen-bond acceptors (Lipinski definition) is 4. The van der Waals surface area contributed by atoms with Crippen LogP contribution in [0.3, 0.4) is 0 Å². The van der Waals surface area contributed by atoms with Gasteiger partial charge in [0.15, 0.2) is 11.6 Å². The summed E-state index contributed by atoms with van der Waals surface area (Å²) in [6.07, 6.45) is 0.656. The monoisotopic (exact) mass is 376 g/mol. The van der Waals surface area contributed by atoms with Crippen LogP contribution in [0.4, 0.5) is 8.78 Å². The first-order chi connectivity index (χ1) is 13.1. The highest BCUT2D eigenvalue weighted by molar-refractivity contribution is 5.27. The zero-order chi connectivity index (χ0) is 19.2. The van der Waals surface area contributed by atoms with Gasteiger partial charge in [-0.3, -0.25) is 9.80 Å². The van der Waals surface area contributed by atoms with Crippen LogP contribution in [0.15, 0.2) is 42.5 Å². The Kier molecular flexibility index (Phi) is 6.77. The number of aliphatic hydroxyl groups excluding tert-OH is 1. The van der Waals surface area contributed by atoms with Crippen molar-refractivity contribution >= 4 is 0 Å². The van der Waals surface area contributed by atoms with Crippen molar-refractivity contribution in [2.75, 3.05) is 33.4 Å². The molecular formula is C21H26F2N2O2. The van der Waals surface area contributed by atoms with E-state index in [4.69, 9.17) is 4.74 Å². The molecule has 3 rings (SSSR count). The van der Waals surface area contributed by atoms with Gasteiger partial charge in [0.2, 0.25) is 0 Å². The maximum atomic E-state index is 13.5. The van der Waals surface area contributed by atoms with Crippen molar-refractivity contribution in [2.24, 2.45) is 0 Å². The van der Waals surface area contributed by atoms with Crippen molar-refractivity contribution in [3.8, 4) is 5.75 Å². The number of nitrogens with zero attached hydrogens (tertiary/aromatic N) is 2. The van der Waals surface area contributed by atoms with E-state index in [-0.39, 0.29) is 12.6 Å². The van der Waals surface area contributed by atoms with E-state index >= 15 is 0 Å². The first-order valence-electron chi connectivity index (χ1n) is 9.23. The number of benzene rings is 2. The maximum absolute atomic E-state index is 13.5. The minimum absolute atomic E-state index is 0.106. The molecule has 0 bridgehead atoms. The lowest BCUT2D eigenvalue weighted by atomic mass is 10.1. The number of aliphatic hydroxyl groups is 1. The molecule has 1 N–H and O–H groups in total. The highest BCUT2D eigenvalue weighted by Crippen LogP contribution is 2.20. The van der Waals surface area contributed by atoms with Gasteiger partial charge in [-0.1, -0.05) is 18.2 Å². The molecule has 0 amide bonds. The van der Waals surface area contributed by atoms with Crippen LogP contribution in [0, 0.1) is 11.6 Å². The summed E-state index contributed by atoms with van der Waals surface area (Å²) in [5.74, 6) is -0.799. The molecular weight excluding hydrogens is 350 g/mol. The molecule has 146 valence electrons. The second-order valence-corrected chi connectivity index (χ2v) is 6.97. The molecule has 0 spiro atoms. The topological polar surface area (TPSA) is 35.9 Å². The molecule has 1 aliphatic heterocycles. The number of methoxy groups -OCH3 is 1.